The van der Waals surface area contributed by atoms with E-state index in [-0.39, 0.29) is 11.7 Å². The molecule has 112 valence electrons. The van der Waals surface area contributed by atoms with E-state index in [1.807, 2.05) is 13.0 Å². The number of benzene rings is 2. The van der Waals surface area contributed by atoms with E-state index >= 15 is 0 Å². The van der Waals surface area contributed by atoms with Gasteiger partial charge in [0.15, 0.2) is 5.76 Å². The predicted octanol–water partition coefficient (Wildman–Crippen LogP) is 4.66. The van der Waals surface area contributed by atoms with Gasteiger partial charge in [0, 0.05) is 16.1 Å². The molecule has 1 N–H and O–H groups in total. The maximum Gasteiger partial charge on any atom is 0.291 e. The number of rotatable bonds is 3. The third-order valence-electron chi connectivity index (χ3n) is 3.46. The second-order valence-corrected chi connectivity index (χ2v) is 5.29. The molecule has 2 aromatic carbocycles. The van der Waals surface area contributed by atoms with Crippen molar-refractivity contribution in [2.75, 3.05) is 12.4 Å². The molecule has 0 fully saturated rings. The van der Waals surface area contributed by atoms with Crippen LogP contribution in [0.5, 0.6) is 5.75 Å². The van der Waals surface area contributed by atoms with Gasteiger partial charge in [-0.3, -0.25) is 4.79 Å². The zero-order valence-electron chi connectivity index (χ0n) is 12.1. The van der Waals surface area contributed by atoms with Crippen molar-refractivity contribution in [1.29, 1.82) is 0 Å². The molecule has 0 spiro atoms. The Morgan fingerprint density at radius 3 is 2.82 bits per heavy atom. The maximum absolute atomic E-state index is 12.3. The van der Waals surface area contributed by atoms with E-state index in [2.05, 4.69) is 5.32 Å². The summed E-state index contributed by atoms with van der Waals surface area (Å²) in [7, 11) is 1.59. The van der Waals surface area contributed by atoms with Crippen LogP contribution in [0.25, 0.3) is 11.0 Å². The van der Waals surface area contributed by atoms with Crippen LogP contribution in [0, 0.1) is 6.92 Å². The minimum Gasteiger partial charge on any atom is -0.497 e. The lowest BCUT2D eigenvalue weighted by Crippen LogP contribution is -2.11. The Hall–Kier alpha value is -2.46. The fraction of sp³-hybridized carbons (Fsp3) is 0.118. The molecule has 0 atom stereocenters. The summed E-state index contributed by atoms with van der Waals surface area (Å²) in [5.74, 6) is 0.633. The number of hydrogen-bond acceptors (Lipinski definition) is 3. The zero-order valence-corrected chi connectivity index (χ0v) is 12.9. The van der Waals surface area contributed by atoms with E-state index in [0.29, 0.717) is 22.0 Å². The van der Waals surface area contributed by atoms with Crippen molar-refractivity contribution in [1.82, 2.24) is 0 Å². The van der Waals surface area contributed by atoms with Crippen molar-refractivity contribution < 1.29 is 13.9 Å². The Morgan fingerprint density at radius 1 is 1.23 bits per heavy atom. The SMILES string of the molecule is COc1ccc2oc(C(=O)Nc3cccc(Cl)c3C)cc2c1. The first kappa shape index (κ1) is 14.5. The molecule has 22 heavy (non-hydrogen) atoms. The molecule has 1 heterocycles. The zero-order chi connectivity index (χ0) is 15.7. The molecule has 5 heteroatoms. The van der Waals surface area contributed by atoms with Crippen molar-refractivity contribution in [3.8, 4) is 5.75 Å². The average Bonchev–Trinajstić information content (AvgIpc) is 2.94. The highest BCUT2D eigenvalue weighted by Gasteiger charge is 2.14. The minimum atomic E-state index is -0.319. The second kappa shape index (κ2) is 5.73. The van der Waals surface area contributed by atoms with Crippen LogP contribution in [0.3, 0.4) is 0 Å². The standard InChI is InChI=1S/C17H14ClNO3/c1-10-13(18)4-3-5-14(10)19-17(20)16-9-11-8-12(21-2)6-7-15(11)22-16/h3-9H,1-2H3,(H,19,20). The molecule has 1 amide bonds. The number of methoxy groups -OCH3 is 1. The minimum absolute atomic E-state index is 0.239. The maximum atomic E-state index is 12.3. The topological polar surface area (TPSA) is 51.5 Å². The third kappa shape index (κ3) is 2.65. The van der Waals surface area contributed by atoms with Crippen molar-refractivity contribution in [2.45, 2.75) is 6.92 Å². The Balaban J connectivity index is 1.90. The highest BCUT2D eigenvalue weighted by atomic mass is 35.5. The molecule has 1 aromatic heterocycles. The molecule has 3 aromatic rings. The molecule has 0 saturated heterocycles. The number of carbonyl (C=O) groups excluding carboxylic acids is 1. The van der Waals surface area contributed by atoms with Crippen LogP contribution in [0.2, 0.25) is 5.02 Å². The number of fused-ring (bicyclic) bond motifs is 1. The Labute approximate surface area is 132 Å². The summed E-state index contributed by atoms with van der Waals surface area (Å²) in [4.78, 5) is 12.3. The molecule has 0 radical (unpaired) electrons. The van der Waals surface area contributed by atoms with Crippen molar-refractivity contribution in [2.24, 2.45) is 0 Å². The van der Waals surface area contributed by atoms with Crippen LogP contribution in [-0.4, -0.2) is 13.0 Å². The predicted molar refractivity (Wildman–Crippen MR) is 86.9 cm³/mol. The Bertz CT molecular complexity index is 854. The largest absolute Gasteiger partial charge is 0.497 e. The van der Waals surface area contributed by atoms with Gasteiger partial charge < -0.3 is 14.5 Å². The molecular formula is C17H14ClNO3. The van der Waals surface area contributed by atoms with Gasteiger partial charge in [0.25, 0.3) is 5.91 Å². The lowest BCUT2D eigenvalue weighted by Gasteiger charge is -2.07. The summed E-state index contributed by atoms with van der Waals surface area (Å²) in [5, 5.41) is 4.22. The molecule has 4 nitrogen and oxygen atoms in total. The van der Waals surface area contributed by atoms with Crippen LogP contribution < -0.4 is 10.1 Å². The van der Waals surface area contributed by atoms with Gasteiger partial charge in [0.2, 0.25) is 0 Å². The van der Waals surface area contributed by atoms with Crippen LogP contribution in [0.1, 0.15) is 16.1 Å². The summed E-state index contributed by atoms with van der Waals surface area (Å²) in [6.45, 7) is 1.85. The lowest BCUT2D eigenvalue weighted by atomic mass is 10.2. The van der Waals surface area contributed by atoms with Gasteiger partial charge >= 0.3 is 0 Å². The number of hydrogen-bond donors (Lipinski definition) is 1. The molecule has 3 rings (SSSR count). The summed E-state index contributed by atoms with van der Waals surface area (Å²) >= 11 is 6.05. The van der Waals surface area contributed by atoms with E-state index in [1.165, 1.54) is 0 Å². The lowest BCUT2D eigenvalue weighted by molar-refractivity contribution is 0.0998. The number of halogens is 1. The van der Waals surface area contributed by atoms with Crippen LogP contribution in [0.15, 0.2) is 46.9 Å². The van der Waals surface area contributed by atoms with Gasteiger partial charge in [-0.25, -0.2) is 0 Å². The number of carbonyl (C=O) groups is 1. The number of ether oxygens (including phenoxy) is 1. The van der Waals surface area contributed by atoms with Crippen LogP contribution in [0.4, 0.5) is 5.69 Å². The van der Waals surface area contributed by atoms with Gasteiger partial charge in [-0.1, -0.05) is 17.7 Å². The summed E-state index contributed by atoms with van der Waals surface area (Å²) in [6, 6.07) is 12.4. The quantitative estimate of drug-likeness (QED) is 0.765. The van der Waals surface area contributed by atoms with Gasteiger partial charge in [0.05, 0.1) is 7.11 Å². The highest BCUT2D eigenvalue weighted by molar-refractivity contribution is 6.31. The van der Waals surface area contributed by atoms with Crippen molar-refractivity contribution in [3.63, 3.8) is 0 Å². The van der Waals surface area contributed by atoms with Gasteiger partial charge in [-0.15, -0.1) is 0 Å². The van der Waals surface area contributed by atoms with Crippen LogP contribution in [-0.2, 0) is 0 Å². The van der Waals surface area contributed by atoms with E-state index in [0.717, 1.165) is 10.9 Å². The van der Waals surface area contributed by atoms with Crippen LogP contribution >= 0.6 is 11.6 Å². The van der Waals surface area contributed by atoms with E-state index in [4.69, 9.17) is 20.8 Å². The molecule has 0 aliphatic rings. The van der Waals surface area contributed by atoms with E-state index in [9.17, 15) is 4.79 Å². The molecule has 0 aliphatic carbocycles. The number of amides is 1. The third-order valence-corrected chi connectivity index (χ3v) is 3.87. The highest BCUT2D eigenvalue weighted by Crippen LogP contribution is 2.26. The molecule has 0 aliphatic heterocycles. The number of anilines is 1. The molecule has 0 unspecified atom stereocenters. The summed E-state index contributed by atoms with van der Waals surface area (Å²) in [6.07, 6.45) is 0. The first-order valence-corrected chi connectivity index (χ1v) is 7.10. The molecular weight excluding hydrogens is 302 g/mol. The Morgan fingerprint density at radius 2 is 2.05 bits per heavy atom. The molecule has 0 bridgehead atoms. The fourth-order valence-corrected chi connectivity index (χ4v) is 2.36. The number of nitrogens with one attached hydrogen (secondary N) is 1. The van der Waals surface area contributed by atoms with Crippen molar-refractivity contribution >= 4 is 34.2 Å². The smallest absolute Gasteiger partial charge is 0.291 e. The monoisotopic (exact) mass is 315 g/mol. The Kier molecular flexibility index (Phi) is 3.77. The van der Waals surface area contributed by atoms with Crippen molar-refractivity contribution in [3.05, 3.63) is 58.8 Å². The fourth-order valence-electron chi connectivity index (χ4n) is 2.19. The van der Waals surface area contributed by atoms with E-state index < -0.39 is 0 Å². The normalized spacial score (nSPS) is 10.7. The molecule has 0 saturated carbocycles. The first-order valence-electron chi connectivity index (χ1n) is 6.72. The second-order valence-electron chi connectivity index (χ2n) is 4.88. The number of furan rings is 1. The van der Waals surface area contributed by atoms with E-state index in [1.54, 1.807) is 43.5 Å². The first-order chi connectivity index (χ1) is 10.6. The van der Waals surface area contributed by atoms with Gasteiger partial charge in [0.1, 0.15) is 11.3 Å². The summed E-state index contributed by atoms with van der Waals surface area (Å²) < 4.78 is 10.7. The average molecular weight is 316 g/mol. The summed E-state index contributed by atoms with van der Waals surface area (Å²) in [5.41, 5.74) is 2.11. The van der Waals surface area contributed by atoms with Gasteiger partial charge in [-0.2, -0.15) is 0 Å². The van der Waals surface area contributed by atoms with Gasteiger partial charge in [-0.05, 0) is 48.9 Å².